The van der Waals surface area contributed by atoms with Crippen LogP contribution >= 0.6 is 23.2 Å². The Morgan fingerprint density at radius 2 is 2.00 bits per heavy atom. The van der Waals surface area contributed by atoms with E-state index in [1.807, 2.05) is 36.4 Å². The Morgan fingerprint density at radius 1 is 1.19 bits per heavy atom. The van der Waals surface area contributed by atoms with Crippen molar-refractivity contribution >= 4 is 35.1 Å². The van der Waals surface area contributed by atoms with E-state index in [9.17, 15) is 0 Å². The molecule has 0 bridgehead atoms. The molecule has 0 aliphatic carbocycles. The zero-order valence-electron chi connectivity index (χ0n) is 14.0. The maximum absolute atomic E-state index is 6.21. The zero-order chi connectivity index (χ0) is 18.3. The van der Waals surface area contributed by atoms with Crippen LogP contribution < -0.4 is 15.8 Å². The van der Waals surface area contributed by atoms with Crippen molar-refractivity contribution in [1.29, 1.82) is 0 Å². The van der Waals surface area contributed by atoms with Crippen molar-refractivity contribution in [2.75, 3.05) is 18.2 Å². The molecule has 1 aliphatic heterocycles. The van der Waals surface area contributed by atoms with E-state index in [1.54, 1.807) is 17.9 Å². The normalized spacial score (nSPS) is 18.9. The van der Waals surface area contributed by atoms with Gasteiger partial charge < -0.3 is 15.8 Å². The molecular weight excluding hydrogens is 373 g/mol. The number of benzene rings is 2. The number of methoxy groups -OCH3 is 1. The molecule has 0 saturated heterocycles. The van der Waals surface area contributed by atoms with E-state index in [0.717, 1.165) is 23.3 Å². The van der Waals surface area contributed by atoms with Gasteiger partial charge in [-0.2, -0.15) is 4.98 Å². The summed E-state index contributed by atoms with van der Waals surface area (Å²) in [7, 11) is 1.66. The molecular formula is C18H17Cl2N5O. The van der Waals surface area contributed by atoms with Gasteiger partial charge in [-0.1, -0.05) is 47.5 Å². The van der Waals surface area contributed by atoms with Crippen LogP contribution in [0.5, 0.6) is 5.75 Å². The number of nitrogens with one attached hydrogen (secondary N) is 1. The fraction of sp³-hybridized carbons (Fsp3) is 0.222. The van der Waals surface area contributed by atoms with E-state index in [1.165, 1.54) is 0 Å². The molecule has 4 rings (SSSR count). The molecule has 0 radical (unpaired) electrons. The molecule has 2 heterocycles. The Bertz CT molecular complexity index is 959. The summed E-state index contributed by atoms with van der Waals surface area (Å²) in [5.41, 5.74) is 7.89. The lowest BCUT2D eigenvalue weighted by molar-refractivity contribution is 0.380. The van der Waals surface area contributed by atoms with Crippen molar-refractivity contribution in [2.45, 2.75) is 18.5 Å². The summed E-state index contributed by atoms with van der Waals surface area (Å²) in [6.45, 7) is 0. The maximum atomic E-state index is 6.21. The summed E-state index contributed by atoms with van der Waals surface area (Å²) in [6, 6.07) is 13.4. The smallest absolute Gasteiger partial charge is 0.241 e. The number of para-hydroxylation sites is 1. The van der Waals surface area contributed by atoms with Crippen molar-refractivity contribution in [1.82, 2.24) is 14.8 Å². The summed E-state index contributed by atoms with van der Waals surface area (Å²) < 4.78 is 7.35. The Hall–Kier alpha value is -2.44. The lowest BCUT2D eigenvalue weighted by atomic mass is 9.93. The Morgan fingerprint density at radius 3 is 2.77 bits per heavy atom. The van der Waals surface area contributed by atoms with Crippen LogP contribution in [0.15, 0.2) is 42.5 Å². The van der Waals surface area contributed by atoms with Gasteiger partial charge in [-0.05, 0) is 30.2 Å². The van der Waals surface area contributed by atoms with Gasteiger partial charge in [0.15, 0.2) is 0 Å². The largest absolute Gasteiger partial charge is 0.496 e. The fourth-order valence-electron chi connectivity index (χ4n) is 3.34. The van der Waals surface area contributed by atoms with Crippen molar-refractivity contribution < 1.29 is 4.74 Å². The number of ether oxygens (including phenoxy) is 1. The molecule has 0 fully saturated rings. The lowest BCUT2D eigenvalue weighted by Gasteiger charge is -2.32. The molecule has 2 aromatic carbocycles. The van der Waals surface area contributed by atoms with Crippen LogP contribution in [0.4, 0.5) is 11.9 Å². The summed E-state index contributed by atoms with van der Waals surface area (Å²) in [5, 5.41) is 8.79. The highest BCUT2D eigenvalue weighted by atomic mass is 35.5. The standard InChI is InChI=1S/C18H17Cl2N5O/c1-26-16-5-3-2-4-11(16)15-9-14(10-6-7-12(19)13(20)8-10)22-18-23-17(21)24-25(15)18/h2-8,14-15H,9H2,1H3,(H3,21,22,23,24)/t14-,15-/m1/s1. The average Bonchev–Trinajstić information content (AvgIpc) is 3.03. The monoisotopic (exact) mass is 389 g/mol. The molecule has 0 unspecified atom stereocenters. The van der Waals surface area contributed by atoms with Crippen LogP contribution in [-0.2, 0) is 0 Å². The van der Waals surface area contributed by atoms with Gasteiger partial charge in [-0.15, -0.1) is 5.10 Å². The lowest BCUT2D eigenvalue weighted by Crippen LogP contribution is -2.28. The SMILES string of the molecule is COc1ccccc1[C@H]1C[C@H](c2ccc(Cl)c(Cl)c2)Nc2nc(N)nn21. The van der Waals surface area contributed by atoms with Crippen LogP contribution in [0.3, 0.4) is 0 Å². The maximum Gasteiger partial charge on any atom is 0.241 e. The number of hydrogen-bond acceptors (Lipinski definition) is 5. The predicted octanol–water partition coefficient (Wildman–Crippen LogP) is 4.32. The molecule has 26 heavy (non-hydrogen) atoms. The van der Waals surface area contributed by atoms with Gasteiger partial charge >= 0.3 is 0 Å². The second-order valence-electron chi connectivity index (χ2n) is 6.10. The van der Waals surface area contributed by atoms with E-state index in [4.69, 9.17) is 33.7 Å². The van der Waals surface area contributed by atoms with Crippen LogP contribution in [0.1, 0.15) is 29.6 Å². The Labute approximate surface area is 160 Å². The summed E-state index contributed by atoms with van der Waals surface area (Å²) in [6.07, 6.45) is 0.730. The number of halogens is 2. The zero-order valence-corrected chi connectivity index (χ0v) is 15.5. The minimum Gasteiger partial charge on any atom is -0.496 e. The van der Waals surface area contributed by atoms with E-state index in [2.05, 4.69) is 15.4 Å². The molecule has 1 aromatic heterocycles. The number of hydrogen-bond donors (Lipinski definition) is 2. The minimum atomic E-state index is -0.0772. The highest BCUT2D eigenvalue weighted by Gasteiger charge is 2.32. The summed E-state index contributed by atoms with van der Waals surface area (Å²) >= 11 is 12.3. The third-order valence-corrected chi connectivity index (χ3v) is 5.29. The molecule has 0 spiro atoms. The van der Waals surface area contributed by atoms with E-state index in [-0.39, 0.29) is 18.0 Å². The van der Waals surface area contributed by atoms with Gasteiger partial charge in [0, 0.05) is 5.56 Å². The third kappa shape index (κ3) is 2.95. The molecule has 0 amide bonds. The highest BCUT2D eigenvalue weighted by Crippen LogP contribution is 2.41. The number of aromatic nitrogens is 3. The van der Waals surface area contributed by atoms with Crippen LogP contribution in [0.25, 0.3) is 0 Å². The van der Waals surface area contributed by atoms with Crippen molar-refractivity contribution in [3.63, 3.8) is 0 Å². The first-order chi connectivity index (χ1) is 12.6. The van der Waals surface area contributed by atoms with Gasteiger partial charge in [-0.3, -0.25) is 0 Å². The van der Waals surface area contributed by atoms with Crippen molar-refractivity contribution in [3.05, 3.63) is 63.6 Å². The summed E-state index contributed by atoms with van der Waals surface area (Å²) in [5.74, 6) is 1.63. The average molecular weight is 390 g/mol. The van der Waals surface area contributed by atoms with Gasteiger partial charge in [0.25, 0.3) is 0 Å². The van der Waals surface area contributed by atoms with E-state index < -0.39 is 0 Å². The Kier molecular flexibility index (Phi) is 4.38. The first kappa shape index (κ1) is 17.0. The van der Waals surface area contributed by atoms with Gasteiger partial charge in [-0.25, -0.2) is 4.68 Å². The molecule has 6 nitrogen and oxygen atoms in total. The molecule has 8 heteroatoms. The number of anilines is 2. The van der Waals surface area contributed by atoms with Crippen LogP contribution in [-0.4, -0.2) is 21.9 Å². The second-order valence-corrected chi connectivity index (χ2v) is 6.92. The molecule has 134 valence electrons. The molecule has 3 N–H and O–H groups in total. The third-order valence-electron chi connectivity index (χ3n) is 4.55. The van der Waals surface area contributed by atoms with Crippen molar-refractivity contribution in [2.24, 2.45) is 0 Å². The minimum absolute atomic E-state index is 0.0178. The van der Waals surface area contributed by atoms with Crippen LogP contribution in [0.2, 0.25) is 10.0 Å². The number of nitrogens with zero attached hydrogens (tertiary/aromatic N) is 3. The van der Waals surface area contributed by atoms with Gasteiger partial charge in [0.1, 0.15) is 5.75 Å². The van der Waals surface area contributed by atoms with Crippen molar-refractivity contribution in [3.8, 4) is 5.75 Å². The molecule has 0 saturated carbocycles. The number of fused-ring (bicyclic) bond motifs is 1. The second kappa shape index (κ2) is 6.70. The number of nitrogen functional groups attached to an aromatic ring is 1. The molecule has 3 aromatic rings. The first-order valence-electron chi connectivity index (χ1n) is 8.13. The number of rotatable bonds is 3. The summed E-state index contributed by atoms with van der Waals surface area (Å²) in [4.78, 5) is 4.32. The molecule has 2 atom stereocenters. The highest BCUT2D eigenvalue weighted by molar-refractivity contribution is 6.42. The topological polar surface area (TPSA) is 78.0 Å². The fourth-order valence-corrected chi connectivity index (χ4v) is 3.65. The quantitative estimate of drug-likeness (QED) is 0.697. The number of nitrogens with two attached hydrogens (primary N) is 1. The Balaban J connectivity index is 1.79. The van der Waals surface area contributed by atoms with E-state index in [0.29, 0.717) is 16.0 Å². The van der Waals surface area contributed by atoms with Gasteiger partial charge in [0.2, 0.25) is 11.9 Å². The van der Waals surface area contributed by atoms with Gasteiger partial charge in [0.05, 0.1) is 29.2 Å². The first-order valence-corrected chi connectivity index (χ1v) is 8.89. The van der Waals surface area contributed by atoms with Crippen LogP contribution in [0, 0.1) is 0 Å². The predicted molar refractivity (Wildman–Crippen MR) is 103 cm³/mol. The molecule has 1 aliphatic rings. The van der Waals surface area contributed by atoms with E-state index >= 15 is 0 Å².